The third-order valence-electron chi connectivity index (χ3n) is 6.05. The molecule has 4 rings (SSSR count). The lowest BCUT2D eigenvalue weighted by molar-refractivity contribution is -0.138. The highest BCUT2D eigenvalue weighted by Gasteiger charge is 2.36. The first-order valence-corrected chi connectivity index (χ1v) is 11.6. The first-order chi connectivity index (χ1) is 13.8. The van der Waals surface area contributed by atoms with Crippen LogP contribution in [0.15, 0.2) is 23.1 Å². The van der Waals surface area contributed by atoms with Crippen molar-refractivity contribution in [3.8, 4) is 5.75 Å². The number of benzene rings is 1. The smallest absolute Gasteiger partial charge is 0.262 e. The van der Waals surface area contributed by atoms with Crippen LogP contribution in [-0.2, 0) is 19.6 Å². The molecule has 0 saturated carbocycles. The Morgan fingerprint density at radius 3 is 2.69 bits per heavy atom. The molecule has 2 amide bonds. The summed E-state index contributed by atoms with van der Waals surface area (Å²) in [5.41, 5.74) is 0.356. The SMILES string of the molecule is CC1CCN(C(=O)[C@H]2CCCN(S(=O)(=O)c3ccc4c(c3)NC(=O)CO4)C2)CC1. The minimum Gasteiger partial charge on any atom is -0.482 e. The van der Waals surface area contributed by atoms with E-state index in [-0.39, 0.29) is 35.8 Å². The van der Waals surface area contributed by atoms with E-state index in [0.717, 1.165) is 25.9 Å². The molecular formula is C20H27N3O5S. The van der Waals surface area contributed by atoms with Crippen molar-refractivity contribution >= 4 is 27.5 Å². The van der Waals surface area contributed by atoms with Crippen LogP contribution < -0.4 is 10.1 Å². The van der Waals surface area contributed by atoms with E-state index in [0.29, 0.717) is 36.7 Å². The monoisotopic (exact) mass is 421 g/mol. The van der Waals surface area contributed by atoms with Crippen molar-refractivity contribution in [2.75, 3.05) is 38.1 Å². The molecule has 8 nitrogen and oxygen atoms in total. The van der Waals surface area contributed by atoms with Gasteiger partial charge in [-0.3, -0.25) is 9.59 Å². The second-order valence-corrected chi connectivity index (χ2v) is 10.1. The van der Waals surface area contributed by atoms with E-state index in [4.69, 9.17) is 4.74 Å². The van der Waals surface area contributed by atoms with Crippen LogP contribution >= 0.6 is 0 Å². The molecule has 0 radical (unpaired) electrons. The zero-order valence-electron chi connectivity index (χ0n) is 16.6. The van der Waals surface area contributed by atoms with Crippen molar-refractivity contribution in [3.05, 3.63) is 18.2 Å². The summed E-state index contributed by atoms with van der Waals surface area (Å²) in [7, 11) is -3.76. The highest BCUT2D eigenvalue weighted by Crippen LogP contribution is 2.33. The van der Waals surface area contributed by atoms with Gasteiger partial charge in [-0.05, 0) is 49.8 Å². The first kappa shape index (κ1) is 20.2. The van der Waals surface area contributed by atoms with E-state index in [1.807, 2.05) is 4.90 Å². The third kappa shape index (κ3) is 4.11. The molecule has 158 valence electrons. The molecule has 0 bridgehead atoms. The van der Waals surface area contributed by atoms with Crippen LogP contribution in [-0.4, -0.2) is 62.2 Å². The number of ether oxygens (including phenoxy) is 1. The van der Waals surface area contributed by atoms with E-state index in [2.05, 4.69) is 12.2 Å². The Balaban J connectivity index is 1.49. The normalized spacial score (nSPS) is 23.8. The van der Waals surface area contributed by atoms with Crippen molar-refractivity contribution < 1.29 is 22.7 Å². The van der Waals surface area contributed by atoms with Crippen LogP contribution in [0.2, 0.25) is 0 Å². The van der Waals surface area contributed by atoms with Gasteiger partial charge >= 0.3 is 0 Å². The van der Waals surface area contributed by atoms with E-state index >= 15 is 0 Å². The Bertz CT molecular complexity index is 909. The number of nitrogens with one attached hydrogen (secondary N) is 1. The highest BCUT2D eigenvalue weighted by molar-refractivity contribution is 7.89. The number of hydrogen-bond acceptors (Lipinski definition) is 5. The van der Waals surface area contributed by atoms with Crippen molar-refractivity contribution in [3.63, 3.8) is 0 Å². The molecule has 3 aliphatic rings. The number of anilines is 1. The maximum absolute atomic E-state index is 13.2. The standard InChI is InChI=1S/C20H27N3O5S/c1-14-6-9-22(10-7-14)20(25)15-3-2-8-23(12-15)29(26,27)16-4-5-18-17(11-16)21-19(24)13-28-18/h4-5,11,14-15H,2-3,6-10,12-13H2,1H3,(H,21,24)/t15-/m0/s1. The number of rotatable bonds is 3. The van der Waals surface area contributed by atoms with Gasteiger partial charge in [0.15, 0.2) is 6.61 Å². The fraction of sp³-hybridized carbons (Fsp3) is 0.600. The molecule has 0 aliphatic carbocycles. The van der Waals surface area contributed by atoms with Crippen LogP contribution in [0.5, 0.6) is 5.75 Å². The molecule has 2 fully saturated rings. The molecule has 29 heavy (non-hydrogen) atoms. The van der Waals surface area contributed by atoms with E-state index < -0.39 is 10.0 Å². The Morgan fingerprint density at radius 1 is 1.17 bits per heavy atom. The van der Waals surface area contributed by atoms with Crippen LogP contribution in [0.3, 0.4) is 0 Å². The van der Waals surface area contributed by atoms with Gasteiger partial charge in [-0.25, -0.2) is 8.42 Å². The maximum Gasteiger partial charge on any atom is 0.262 e. The highest BCUT2D eigenvalue weighted by atomic mass is 32.2. The van der Waals surface area contributed by atoms with E-state index in [1.54, 1.807) is 6.07 Å². The molecule has 1 N–H and O–H groups in total. The summed E-state index contributed by atoms with van der Waals surface area (Å²) in [6.07, 6.45) is 3.38. The van der Waals surface area contributed by atoms with Crippen LogP contribution in [0.4, 0.5) is 5.69 Å². The van der Waals surface area contributed by atoms with E-state index in [9.17, 15) is 18.0 Å². The van der Waals surface area contributed by atoms with Gasteiger partial charge in [0.2, 0.25) is 15.9 Å². The van der Waals surface area contributed by atoms with Gasteiger partial charge < -0.3 is 15.0 Å². The van der Waals surface area contributed by atoms with Crippen LogP contribution in [0.25, 0.3) is 0 Å². The average molecular weight is 422 g/mol. The molecule has 9 heteroatoms. The van der Waals surface area contributed by atoms with E-state index in [1.165, 1.54) is 16.4 Å². The number of hydrogen-bond donors (Lipinski definition) is 1. The van der Waals surface area contributed by atoms with Crippen molar-refractivity contribution in [2.45, 2.75) is 37.5 Å². The number of carbonyl (C=O) groups is 2. The zero-order chi connectivity index (χ0) is 20.6. The van der Waals surface area contributed by atoms with Gasteiger partial charge in [0, 0.05) is 26.2 Å². The predicted octanol–water partition coefficient (Wildman–Crippen LogP) is 1.68. The van der Waals surface area contributed by atoms with Crippen LogP contribution in [0.1, 0.15) is 32.6 Å². The predicted molar refractivity (Wildman–Crippen MR) is 107 cm³/mol. The van der Waals surface area contributed by atoms with Gasteiger partial charge in [-0.1, -0.05) is 6.92 Å². The Labute approximate surface area is 171 Å². The summed E-state index contributed by atoms with van der Waals surface area (Å²) in [6.45, 7) is 4.23. The molecule has 2 saturated heterocycles. The summed E-state index contributed by atoms with van der Waals surface area (Å²) < 4.78 is 33.1. The van der Waals surface area contributed by atoms with Gasteiger partial charge in [-0.2, -0.15) is 4.31 Å². The zero-order valence-corrected chi connectivity index (χ0v) is 17.4. The summed E-state index contributed by atoms with van der Waals surface area (Å²) in [5, 5.41) is 2.64. The average Bonchev–Trinajstić information content (AvgIpc) is 2.73. The lowest BCUT2D eigenvalue weighted by Gasteiger charge is -2.37. The van der Waals surface area contributed by atoms with Crippen molar-refractivity contribution in [1.82, 2.24) is 9.21 Å². The molecule has 3 aliphatic heterocycles. The number of carbonyl (C=O) groups excluding carboxylic acids is 2. The lowest BCUT2D eigenvalue weighted by atomic mass is 9.94. The molecule has 0 spiro atoms. The molecule has 1 aromatic rings. The number of fused-ring (bicyclic) bond motifs is 1. The van der Waals surface area contributed by atoms with Crippen molar-refractivity contribution in [2.24, 2.45) is 11.8 Å². The van der Waals surface area contributed by atoms with Crippen LogP contribution in [0, 0.1) is 11.8 Å². The summed E-state index contributed by atoms with van der Waals surface area (Å²) >= 11 is 0. The van der Waals surface area contributed by atoms with Crippen molar-refractivity contribution in [1.29, 1.82) is 0 Å². The number of piperidine rings is 2. The molecule has 1 atom stereocenters. The number of nitrogens with zero attached hydrogens (tertiary/aromatic N) is 2. The molecule has 0 aromatic heterocycles. The minimum absolute atomic E-state index is 0.0721. The largest absolute Gasteiger partial charge is 0.482 e. The molecule has 1 aromatic carbocycles. The maximum atomic E-state index is 13.2. The van der Waals surface area contributed by atoms with Gasteiger partial charge in [0.1, 0.15) is 5.75 Å². The number of sulfonamides is 1. The Hall–Kier alpha value is -2.13. The Kier molecular flexibility index (Phi) is 5.52. The second-order valence-electron chi connectivity index (χ2n) is 8.20. The topological polar surface area (TPSA) is 96.0 Å². The number of amides is 2. The van der Waals surface area contributed by atoms with Gasteiger partial charge in [-0.15, -0.1) is 0 Å². The third-order valence-corrected chi connectivity index (χ3v) is 7.91. The summed E-state index contributed by atoms with van der Waals surface area (Å²) in [4.78, 5) is 26.5. The molecule has 0 unspecified atom stereocenters. The molecular weight excluding hydrogens is 394 g/mol. The Morgan fingerprint density at radius 2 is 1.93 bits per heavy atom. The summed E-state index contributed by atoms with van der Waals surface area (Å²) in [6, 6.07) is 4.48. The first-order valence-electron chi connectivity index (χ1n) is 10.2. The second kappa shape index (κ2) is 7.95. The molecule has 3 heterocycles. The fourth-order valence-electron chi connectivity index (χ4n) is 4.22. The number of likely N-dealkylation sites (tertiary alicyclic amines) is 1. The summed E-state index contributed by atoms with van der Waals surface area (Å²) in [5.74, 6) is 0.548. The quantitative estimate of drug-likeness (QED) is 0.801. The lowest BCUT2D eigenvalue weighted by Crippen LogP contribution is -2.48. The van der Waals surface area contributed by atoms with Gasteiger partial charge in [0.25, 0.3) is 5.91 Å². The fourth-order valence-corrected chi connectivity index (χ4v) is 5.77. The van der Waals surface area contributed by atoms with Gasteiger partial charge in [0.05, 0.1) is 16.5 Å². The minimum atomic E-state index is -3.76.